The summed E-state index contributed by atoms with van der Waals surface area (Å²) in [5.41, 5.74) is 6.92. The Labute approximate surface area is 127 Å². The molecule has 0 amide bonds. The lowest BCUT2D eigenvalue weighted by Crippen LogP contribution is -2.42. The van der Waals surface area contributed by atoms with E-state index in [-0.39, 0.29) is 5.60 Å². The molecule has 2 heterocycles. The second kappa shape index (κ2) is 6.24. The van der Waals surface area contributed by atoms with Gasteiger partial charge in [0, 0.05) is 19.5 Å². The van der Waals surface area contributed by atoms with Crippen LogP contribution in [0.15, 0.2) is 18.2 Å². The molecule has 21 heavy (non-hydrogen) atoms. The molecule has 0 saturated carbocycles. The van der Waals surface area contributed by atoms with Crippen molar-refractivity contribution in [1.82, 2.24) is 4.90 Å². The minimum atomic E-state index is 0.0225. The first-order chi connectivity index (χ1) is 10.2. The van der Waals surface area contributed by atoms with E-state index in [1.165, 1.54) is 5.56 Å². The number of fused-ring (bicyclic) bond motifs is 1. The van der Waals surface area contributed by atoms with Gasteiger partial charge in [-0.25, -0.2) is 0 Å². The average molecular weight is 290 g/mol. The van der Waals surface area contributed by atoms with Gasteiger partial charge < -0.3 is 15.2 Å². The molecule has 2 N–H and O–H groups in total. The van der Waals surface area contributed by atoms with Crippen molar-refractivity contribution in [2.24, 2.45) is 5.73 Å². The Morgan fingerprint density at radius 1 is 1.38 bits per heavy atom. The first kappa shape index (κ1) is 14.7. The van der Waals surface area contributed by atoms with Crippen LogP contribution in [-0.2, 0) is 6.42 Å². The molecule has 2 aliphatic rings. The maximum absolute atomic E-state index is 6.40. The second-order valence-electron chi connectivity index (χ2n) is 6.16. The lowest BCUT2D eigenvalue weighted by molar-refractivity contribution is 0.0543. The van der Waals surface area contributed by atoms with Crippen molar-refractivity contribution in [2.45, 2.75) is 38.2 Å². The summed E-state index contributed by atoms with van der Waals surface area (Å²) in [6.45, 7) is 6.76. The molecule has 116 valence electrons. The zero-order chi connectivity index (χ0) is 14.7. The lowest BCUT2D eigenvalue weighted by atomic mass is 9.90. The molecule has 4 nitrogen and oxygen atoms in total. The SMILES string of the molecule is CCOc1ccc2c(c1)CCC1(CCN(CCCN)C1)O2. The van der Waals surface area contributed by atoms with E-state index >= 15 is 0 Å². The Morgan fingerprint density at radius 2 is 2.29 bits per heavy atom. The second-order valence-corrected chi connectivity index (χ2v) is 6.16. The van der Waals surface area contributed by atoms with E-state index in [9.17, 15) is 0 Å². The first-order valence-corrected chi connectivity index (χ1v) is 8.12. The molecule has 2 aliphatic heterocycles. The fourth-order valence-corrected chi connectivity index (χ4v) is 3.47. The number of ether oxygens (including phenoxy) is 2. The van der Waals surface area contributed by atoms with Crippen molar-refractivity contribution in [2.75, 3.05) is 32.8 Å². The van der Waals surface area contributed by atoms with Crippen molar-refractivity contribution in [3.63, 3.8) is 0 Å². The van der Waals surface area contributed by atoms with E-state index in [1.54, 1.807) is 0 Å². The topological polar surface area (TPSA) is 47.7 Å². The van der Waals surface area contributed by atoms with E-state index in [1.807, 2.05) is 13.0 Å². The minimum absolute atomic E-state index is 0.0225. The predicted molar refractivity (Wildman–Crippen MR) is 84.0 cm³/mol. The molecule has 0 bridgehead atoms. The Balaban J connectivity index is 1.67. The molecular weight excluding hydrogens is 264 g/mol. The number of aryl methyl sites for hydroxylation is 1. The standard InChI is InChI=1S/C17H26N2O2/c1-2-20-15-4-5-16-14(12-15)6-7-17(21-16)8-11-19(13-17)10-3-9-18/h4-5,12H,2-3,6-11,13,18H2,1H3. The molecule has 1 fully saturated rings. The maximum atomic E-state index is 6.40. The summed E-state index contributed by atoms with van der Waals surface area (Å²) in [6, 6.07) is 6.22. The zero-order valence-electron chi connectivity index (χ0n) is 12.9. The van der Waals surface area contributed by atoms with Crippen LogP contribution in [0.4, 0.5) is 0 Å². The van der Waals surface area contributed by atoms with Crippen LogP contribution in [0, 0.1) is 0 Å². The largest absolute Gasteiger partial charge is 0.494 e. The predicted octanol–water partition coefficient (Wildman–Crippen LogP) is 2.20. The first-order valence-electron chi connectivity index (χ1n) is 8.12. The molecule has 0 radical (unpaired) electrons. The van der Waals surface area contributed by atoms with Crippen LogP contribution >= 0.6 is 0 Å². The van der Waals surface area contributed by atoms with E-state index < -0.39 is 0 Å². The molecule has 3 rings (SSSR count). The Bertz CT molecular complexity index is 492. The van der Waals surface area contributed by atoms with Gasteiger partial charge in [-0.3, -0.25) is 4.90 Å². The third-order valence-electron chi connectivity index (χ3n) is 4.59. The zero-order valence-corrected chi connectivity index (χ0v) is 12.9. The summed E-state index contributed by atoms with van der Waals surface area (Å²) >= 11 is 0. The van der Waals surface area contributed by atoms with Gasteiger partial charge in [-0.15, -0.1) is 0 Å². The molecule has 1 unspecified atom stereocenters. The third-order valence-corrected chi connectivity index (χ3v) is 4.59. The molecule has 1 aromatic rings. The van der Waals surface area contributed by atoms with Gasteiger partial charge in [0.2, 0.25) is 0 Å². The Kier molecular flexibility index (Phi) is 4.36. The number of rotatable bonds is 5. The maximum Gasteiger partial charge on any atom is 0.123 e. The quantitative estimate of drug-likeness (QED) is 0.903. The van der Waals surface area contributed by atoms with Crippen LogP contribution in [0.25, 0.3) is 0 Å². The van der Waals surface area contributed by atoms with E-state index in [4.69, 9.17) is 15.2 Å². The fraction of sp³-hybridized carbons (Fsp3) is 0.647. The summed E-state index contributed by atoms with van der Waals surface area (Å²) in [5.74, 6) is 2.00. The van der Waals surface area contributed by atoms with Gasteiger partial charge in [-0.1, -0.05) is 0 Å². The van der Waals surface area contributed by atoms with E-state index in [0.29, 0.717) is 6.61 Å². The fourth-order valence-electron chi connectivity index (χ4n) is 3.47. The van der Waals surface area contributed by atoms with Crippen molar-refractivity contribution in [1.29, 1.82) is 0 Å². The van der Waals surface area contributed by atoms with Gasteiger partial charge in [-0.2, -0.15) is 0 Å². The highest BCUT2D eigenvalue weighted by Gasteiger charge is 2.42. The van der Waals surface area contributed by atoms with E-state index in [2.05, 4.69) is 17.0 Å². The number of nitrogens with zero attached hydrogens (tertiary/aromatic N) is 1. The molecule has 4 heteroatoms. The van der Waals surface area contributed by atoms with Crippen LogP contribution in [0.3, 0.4) is 0 Å². The van der Waals surface area contributed by atoms with Crippen LogP contribution in [0.2, 0.25) is 0 Å². The highest BCUT2D eigenvalue weighted by molar-refractivity contribution is 5.42. The monoisotopic (exact) mass is 290 g/mol. The van der Waals surface area contributed by atoms with Crippen LogP contribution < -0.4 is 15.2 Å². The van der Waals surface area contributed by atoms with Gasteiger partial charge in [-0.05, 0) is 63.0 Å². The third kappa shape index (κ3) is 3.16. The number of benzene rings is 1. The van der Waals surface area contributed by atoms with Gasteiger partial charge in [0.25, 0.3) is 0 Å². The molecule has 1 aromatic carbocycles. The Morgan fingerprint density at radius 3 is 3.10 bits per heavy atom. The number of hydrogen-bond acceptors (Lipinski definition) is 4. The smallest absolute Gasteiger partial charge is 0.123 e. The van der Waals surface area contributed by atoms with Crippen molar-refractivity contribution >= 4 is 0 Å². The van der Waals surface area contributed by atoms with E-state index in [0.717, 1.165) is 63.4 Å². The molecular formula is C17H26N2O2. The van der Waals surface area contributed by atoms with Gasteiger partial charge in [0.15, 0.2) is 0 Å². The average Bonchev–Trinajstić information content (AvgIpc) is 2.89. The molecule has 0 aliphatic carbocycles. The summed E-state index contributed by atoms with van der Waals surface area (Å²) in [5, 5.41) is 0. The highest BCUT2D eigenvalue weighted by Crippen LogP contribution is 2.39. The molecule has 0 aromatic heterocycles. The summed E-state index contributed by atoms with van der Waals surface area (Å²) in [7, 11) is 0. The van der Waals surface area contributed by atoms with Crippen molar-refractivity contribution in [3.8, 4) is 11.5 Å². The summed E-state index contributed by atoms with van der Waals surface area (Å²) in [4.78, 5) is 2.49. The number of nitrogens with two attached hydrogens (primary N) is 1. The molecule has 1 atom stereocenters. The summed E-state index contributed by atoms with van der Waals surface area (Å²) < 4.78 is 12.0. The van der Waals surface area contributed by atoms with Crippen LogP contribution in [-0.4, -0.2) is 43.3 Å². The number of likely N-dealkylation sites (tertiary alicyclic amines) is 1. The lowest BCUT2D eigenvalue weighted by Gasteiger charge is -2.36. The van der Waals surface area contributed by atoms with Crippen LogP contribution in [0.1, 0.15) is 31.7 Å². The number of hydrogen-bond donors (Lipinski definition) is 1. The summed E-state index contributed by atoms with van der Waals surface area (Å²) in [6.07, 6.45) is 4.39. The normalized spacial score (nSPS) is 24.9. The minimum Gasteiger partial charge on any atom is -0.494 e. The van der Waals surface area contributed by atoms with Gasteiger partial charge in [0.05, 0.1) is 6.61 Å². The Hall–Kier alpha value is -1.26. The van der Waals surface area contributed by atoms with Gasteiger partial charge >= 0.3 is 0 Å². The molecule has 1 spiro atoms. The highest BCUT2D eigenvalue weighted by atomic mass is 16.5. The van der Waals surface area contributed by atoms with Crippen LogP contribution in [0.5, 0.6) is 11.5 Å². The molecule has 1 saturated heterocycles. The van der Waals surface area contributed by atoms with Gasteiger partial charge in [0.1, 0.15) is 17.1 Å². The van der Waals surface area contributed by atoms with Crippen molar-refractivity contribution < 1.29 is 9.47 Å². The van der Waals surface area contributed by atoms with Crippen molar-refractivity contribution in [3.05, 3.63) is 23.8 Å².